The zero-order valence-electron chi connectivity index (χ0n) is 11.4. The van der Waals surface area contributed by atoms with Gasteiger partial charge in [-0.15, -0.1) is 0 Å². The van der Waals surface area contributed by atoms with Gasteiger partial charge >= 0.3 is 6.18 Å². The molecule has 21 heavy (non-hydrogen) atoms. The third-order valence-corrected chi connectivity index (χ3v) is 3.88. The minimum absolute atomic E-state index is 0.0712. The standard InChI is InChI=1S/C13H15F3N4O/c1-19-2-3-20-10(7-19)12(21)18-5-8-4-9(13(14,15)16)6-17-11(8)20/h4,6,10H,2-3,5,7H2,1H3,(H,18,21)/t10-/m1/s1. The van der Waals surface area contributed by atoms with E-state index in [4.69, 9.17) is 0 Å². The second-order valence-electron chi connectivity index (χ2n) is 5.39. The highest BCUT2D eigenvalue weighted by Gasteiger charge is 2.37. The van der Waals surface area contributed by atoms with Gasteiger partial charge in [0.2, 0.25) is 5.91 Å². The molecule has 0 radical (unpaired) electrons. The van der Waals surface area contributed by atoms with E-state index in [-0.39, 0.29) is 12.5 Å². The Balaban J connectivity index is 2.01. The van der Waals surface area contributed by atoms with Gasteiger partial charge in [-0.1, -0.05) is 0 Å². The van der Waals surface area contributed by atoms with Crippen molar-refractivity contribution in [3.8, 4) is 0 Å². The van der Waals surface area contributed by atoms with Crippen molar-refractivity contribution in [3.05, 3.63) is 23.4 Å². The molecule has 0 saturated carbocycles. The van der Waals surface area contributed by atoms with Crippen molar-refractivity contribution in [2.75, 3.05) is 31.6 Å². The normalized spacial score (nSPS) is 23.1. The SMILES string of the molecule is CN1CCN2c3ncc(C(F)(F)F)cc3CNC(=O)[C@H]2C1. The lowest BCUT2D eigenvalue weighted by atomic mass is 10.1. The number of pyridine rings is 1. The first-order chi connectivity index (χ1) is 9.86. The predicted molar refractivity (Wildman–Crippen MR) is 69.7 cm³/mol. The summed E-state index contributed by atoms with van der Waals surface area (Å²) >= 11 is 0. The van der Waals surface area contributed by atoms with Crippen molar-refractivity contribution < 1.29 is 18.0 Å². The summed E-state index contributed by atoms with van der Waals surface area (Å²) in [5.74, 6) is 0.299. The molecule has 0 aliphatic carbocycles. The summed E-state index contributed by atoms with van der Waals surface area (Å²) in [6.07, 6.45) is -3.59. The highest BCUT2D eigenvalue weighted by atomic mass is 19.4. The number of carbonyl (C=O) groups is 1. The first-order valence-corrected chi connectivity index (χ1v) is 6.65. The van der Waals surface area contributed by atoms with Crippen LogP contribution in [0.3, 0.4) is 0 Å². The molecule has 1 aromatic heterocycles. The number of alkyl halides is 3. The average molecular weight is 300 g/mol. The first-order valence-electron chi connectivity index (χ1n) is 6.65. The van der Waals surface area contributed by atoms with Gasteiger partial charge in [-0.25, -0.2) is 4.98 Å². The van der Waals surface area contributed by atoms with E-state index in [2.05, 4.69) is 10.3 Å². The molecular formula is C13H15F3N4O. The molecule has 1 atom stereocenters. The van der Waals surface area contributed by atoms with Crippen molar-refractivity contribution in [1.29, 1.82) is 0 Å². The highest BCUT2D eigenvalue weighted by Crippen LogP contribution is 2.33. The molecule has 114 valence electrons. The van der Waals surface area contributed by atoms with E-state index in [1.807, 2.05) is 11.9 Å². The van der Waals surface area contributed by atoms with Crippen LogP contribution in [0.4, 0.5) is 19.0 Å². The largest absolute Gasteiger partial charge is 0.417 e. The highest BCUT2D eigenvalue weighted by molar-refractivity contribution is 5.87. The molecule has 0 unspecified atom stereocenters. The van der Waals surface area contributed by atoms with Gasteiger partial charge in [0.1, 0.15) is 11.9 Å². The van der Waals surface area contributed by atoms with Crippen LogP contribution in [0.15, 0.2) is 12.3 Å². The maximum absolute atomic E-state index is 12.8. The van der Waals surface area contributed by atoms with E-state index < -0.39 is 17.8 Å². The molecule has 0 aromatic carbocycles. The van der Waals surface area contributed by atoms with Gasteiger partial charge in [0, 0.05) is 37.9 Å². The van der Waals surface area contributed by atoms with Crippen molar-refractivity contribution in [3.63, 3.8) is 0 Å². The second-order valence-corrected chi connectivity index (χ2v) is 5.39. The monoisotopic (exact) mass is 300 g/mol. The number of anilines is 1. The van der Waals surface area contributed by atoms with Crippen LogP contribution in [-0.2, 0) is 17.5 Å². The molecule has 1 N–H and O–H groups in total. The minimum atomic E-state index is -4.43. The van der Waals surface area contributed by atoms with Crippen molar-refractivity contribution in [2.45, 2.75) is 18.8 Å². The van der Waals surface area contributed by atoms with Crippen molar-refractivity contribution >= 4 is 11.7 Å². The van der Waals surface area contributed by atoms with Gasteiger partial charge in [-0.2, -0.15) is 13.2 Å². The van der Waals surface area contributed by atoms with E-state index in [9.17, 15) is 18.0 Å². The molecule has 3 rings (SSSR count). The van der Waals surface area contributed by atoms with Gasteiger partial charge in [0.15, 0.2) is 0 Å². The van der Waals surface area contributed by atoms with Crippen LogP contribution < -0.4 is 10.2 Å². The predicted octanol–water partition coefficient (Wildman–Crippen LogP) is 0.851. The molecule has 5 nitrogen and oxygen atoms in total. The Bertz CT molecular complexity index is 575. The number of carbonyl (C=O) groups excluding carboxylic acids is 1. The molecule has 1 amide bonds. The maximum atomic E-state index is 12.8. The summed E-state index contributed by atoms with van der Waals surface area (Å²) in [6, 6.07) is 0.665. The topological polar surface area (TPSA) is 48.5 Å². The molecule has 0 bridgehead atoms. The van der Waals surface area contributed by atoms with Crippen LogP contribution in [0.25, 0.3) is 0 Å². The number of aromatic nitrogens is 1. The molecule has 2 aliphatic heterocycles. The Morgan fingerprint density at radius 2 is 2.14 bits per heavy atom. The van der Waals surface area contributed by atoms with E-state index in [1.54, 1.807) is 4.90 Å². The number of rotatable bonds is 0. The summed E-state index contributed by atoms with van der Waals surface area (Å²) < 4.78 is 38.3. The lowest BCUT2D eigenvalue weighted by Gasteiger charge is -2.38. The van der Waals surface area contributed by atoms with Crippen LogP contribution in [0.5, 0.6) is 0 Å². The zero-order valence-corrected chi connectivity index (χ0v) is 11.4. The average Bonchev–Trinajstić information content (AvgIpc) is 2.56. The van der Waals surface area contributed by atoms with Crippen LogP contribution in [-0.4, -0.2) is 48.5 Å². The van der Waals surface area contributed by atoms with E-state index >= 15 is 0 Å². The van der Waals surface area contributed by atoms with Crippen molar-refractivity contribution in [1.82, 2.24) is 15.2 Å². The summed E-state index contributed by atoms with van der Waals surface area (Å²) in [5.41, 5.74) is -0.381. The number of halogens is 3. The molecule has 8 heteroatoms. The Morgan fingerprint density at radius 3 is 2.86 bits per heavy atom. The van der Waals surface area contributed by atoms with Crippen LogP contribution in [0.2, 0.25) is 0 Å². The number of nitrogens with one attached hydrogen (secondary N) is 1. The summed E-state index contributed by atoms with van der Waals surface area (Å²) in [7, 11) is 1.91. The fraction of sp³-hybridized carbons (Fsp3) is 0.538. The Morgan fingerprint density at radius 1 is 1.38 bits per heavy atom. The van der Waals surface area contributed by atoms with Crippen LogP contribution in [0, 0.1) is 0 Å². The summed E-state index contributed by atoms with van der Waals surface area (Å²) in [4.78, 5) is 19.9. The molecule has 1 aromatic rings. The fourth-order valence-electron chi connectivity index (χ4n) is 2.74. The van der Waals surface area contributed by atoms with E-state index in [0.717, 1.165) is 18.8 Å². The molecule has 0 spiro atoms. The minimum Gasteiger partial charge on any atom is -0.350 e. The Labute approximate surface area is 119 Å². The lowest BCUT2D eigenvalue weighted by Crippen LogP contribution is -2.57. The molecule has 1 fully saturated rings. The Hall–Kier alpha value is -1.83. The van der Waals surface area contributed by atoms with Gasteiger partial charge < -0.3 is 15.1 Å². The quantitative estimate of drug-likeness (QED) is 0.772. The fourth-order valence-corrected chi connectivity index (χ4v) is 2.74. The maximum Gasteiger partial charge on any atom is 0.417 e. The molecular weight excluding hydrogens is 285 g/mol. The molecule has 1 saturated heterocycles. The third kappa shape index (κ3) is 2.55. The summed E-state index contributed by atoms with van der Waals surface area (Å²) in [5, 5.41) is 2.68. The summed E-state index contributed by atoms with van der Waals surface area (Å²) in [6.45, 7) is 1.92. The van der Waals surface area contributed by atoms with E-state index in [0.29, 0.717) is 24.5 Å². The number of hydrogen-bond donors (Lipinski definition) is 1. The number of piperazine rings is 1. The first kappa shape index (κ1) is 14.1. The van der Waals surface area contributed by atoms with E-state index in [1.165, 1.54) is 0 Å². The lowest BCUT2D eigenvalue weighted by molar-refractivity contribution is -0.137. The number of likely N-dealkylation sites (N-methyl/N-ethyl adjacent to an activating group) is 1. The third-order valence-electron chi connectivity index (χ3n) is 3.88. The van der Waals surface area contributed by atoms with Gasteiger partial charge in [-0.05, 0) is 13.1 Å². The number of amides is 1. The number of hydrogen-bond acceptors (Lipinski definition) is 4. The Kier molecular flexibility index (Phi) is 3.27. The van der Waals surface area contributed by atoms with Crippen LogP contribution in [0.1, 0.15) is 11.1 Å². The second kappa shape index (κ2) is 4.87. The van der Waals surface area contributed by atoms with Gasteiger partial charge in [0.05, 0.1) is 5.56 Å². The van der Waals surface area contributed by atoms with Gasteiger partial charge in [-0.3, -0.25) is 4.79 Å². The van der Waals surface area contributed by atoms with Crippen LogP contribution >= 0.6 is 0 Å². The number of nitrogens with zero attached hydrogens (tertiary/aromatic N) is 3. The molecule has 3 heterocycles. The van der Waals surface area contributed by atoms with Gasteiger partial charge in [0.25, 0.3) is 0 Å². The smallest absolute Gasteiger partial charge is 0.350 e. The van der Waals surface area contributed by atoms with Crippen molar-refractivity contribution in [2.24, 2.45) is 0 Å². The molecule has 2 aliphatic rings. The zero-order chi connectivity index (χ0) is 15.2. The number of fused-ring (bicyclic) bond motifs is 3.